The highest BCUT2D eigenvalue weighted by Crippen LogP contribution is 2.34. The van der Waals surface area contributed by atoms with Gasteiger partial charge in [-0.15, -0.1) is 11.8 Å². The van der Waals surface area contributed by atoms with E-state index in [1.54, 1.807) is 16.7 Å². The first-order valence-electron chi connectivity index (χ1n) is 8.72. The van der Waals surface area contributed by atoms with Gasteiger partial charge in [-0.25, -0.2) is 0 Å². The SMILES string of the molecule is CCN1CCC[C@@H]1CNC(=O)CCN1C(=O)CSc2ccccc21. The molecule has 1 aromatic rings. The van der Waals surface area contributed by atoms with Crippen LogP contribution in [0.2, 0.25) is 0 Å². The van der Waals surface area contributed by atoms with E-state index >= 15 is 0 Å². The van der Waals surface area contributed by atoms with Crippen LogP contribution in [0, 0.1) is 0 Å². The minimum atomic E-state index is 0.0291. The van der Waals surface area contributed by atoms with Gasteiger partial charge in [-0.3, -0.25) is 14.5 Å². The van der Waals surface area contributed by atoms with Gasteiger partial charge in [-0.2, -0.15) is 0 Å². The Kier molecular flexibility index (Phi) is 5.79. The average Bonchev–Trinajstić information content (AvgIpc) is 3.06. The number of para-hydroxylation sites is 1. The Hall–Kier alpha value is -1.53. The lowest BCUT2D eigenvalue weighted by molar-refractivity contribution is -0.121. The molecule has 3 rings (SSSR count). The summed E-state index contributed by atoms with van der Waals surface area (Å²) < 4.78 is 0. The van der Waals surface area contributed by atoms with Crippen LogP contribution in [-0.4, -0.2) is 54.7 Å². The van der Waals surface area contributed by atoms with E-state index in [0.29, 0.717) is 31.3 Å². The fourth-order valence-corrected chi connectivity index (χ4v) is 4.41. The minimum absolute atomic E-state index is 0.0291. The van der Waals surface area contributed by atoms with Crippen LogP contribution in [0.4, 0.5) is 5.69 Å². The first-order valence-corrected chi connectivity index (χ1v) is 9.70. The summed E-state index contributed by atoms with van der Waals surface area (Å²) in [6.07, 6.45) is 2.72. The molecule has 0 aromatic heterocycles. The topological polar surface area (TPSA) is 52.7 Å². The van der Waals surface area contributed by atoms with Crippen LogP contribution in [0.1, 0.15) is 26.2 Å². The Balaban J connectivity index is 1.50. The van der Waals surface area contributed by atoms with Crippen LogP contribution in [0.25, 0.3) is 0 Å². The largest absolute Gasteiger partial charge is 0.354 e. The summed E-state index contributed by atoms with van der Waals surface area (Å²) in [5.74, 6) is 0.563. The van der Waals surface area contributed by atoms with E-state index in [2.05, 4.69) is 17.1 Å². The molecule has 1 fully saturated rings. The molecule has 2 amide bonds. The number of carbonyl (C=O) groups is 2. The summed E-state index contributed by atoms with van der Waals surface area (Å²) in [5.41, 5.74) is 0.930. The van der Waals surface area contributed by atoms with Crippen LogP contribution in [0.5, 0.6) is 0 Å². The second kappa shape index (κ2) is 8.03. The Bertz CT molecular complexity index is 608. The molecule has 1 atom stereocenters. The first-order chi connectivity index (χ1) is 11.7. The van der Waals surface area contributed by atoms with Crippen molar-refractivity contribution in [3.63, 3.8) is 0 Å². The molecule has 130 valence electrons. The number of hydrogen-bond acceptors (Lipinski definition) is 4. The molecular formula is C18H25N3O2S. The highest BCUT2D eigenvalue weighted by Gasteiger charge is 2.26. The molecule has 2 heterocycles. The fourth-order valence-electron chi connectivity index (χ4n) is 3.48. The van der Waals surface area contributed by atoms with Gasteiger partial charge in [0.1, 0.15) is 0 Å². The van der Waals surface area contributed by atoms with Gasteiger partial charge < -0.3 is 10.2 Å². The first kappa shape index (κ1) is 17.3. The van der Waals surface area contributed by atoms with Gasteiger partial charge in [-0.1, -0.05) is 19.1 Å². The number of nitrogens with one attached hydrogen (secondary N) is 1. The molecule has 0 aliphatic carbocycles. The summed E-state index contributed by atoms with van der Waals surface area (Å²) in [4.78, 5) is 29.6. The second-order valence-electron chi connectivity index (χ2n) is 6.28. The van der Waals surface area contributed by atoms with Crippen LogP contribution < -0.4 is 10.2 Å². The summed E-state index contributed by atoms with van der Waals surface area (Å²) in [5, 5.41) is 3.04. The third-order valence-corrected chi connectivity index (χ3v) is 5.86. The van der Waals surface area contributed by atoms with Crippen molar-refractivity contribution in [1.29, 1.82) is 0 Å². The molecule has 1 saturated heterocycles. The number of anilines is 1. The van der Waals surface area contributed by atoms with Gasteiger partial charge in [-0.05, 0) is 38.1 Å². The van der Waals surface area contributed by atoms with Gasteiger partial charge in [0.15, 0.2) is 0 Å². The number of likely N-dealkylation sites (N-methyl/N-ethyl adjacent to an activating group) is 1. The molecule has 0 saturated carbocycles. The van der Waals surface area contributed by atoms with Crippen LogP contribution in [0.3, 0.4) is 0 Å². The normalized spacial score (nSPS) is 21.0. The molecule has 0 radical (unpaired) electrons. The molecule has 0 unspecified atom stereocenters. The van der Waals surface area contributed by atoms with Crippen molar-refractivity contribution in [2.24, 2.45) is 0 Å². The summed E-state index contributed by atoms with van der Waals surface area (Å²) in [6.45, 7) is 5.50. The van der Waals surface area contributed by atoms with E-state index in [1.807, 2.05) is 24.3 Å². The van der Waals surface area contributed by atoms with Crippen LogP contribution in [-0.2, 0) is 9.59 Å². The number of thioether (sulfide) groups is 1. The zero-order valence-corrected chi connectivity index (χ0v) is 15.0. The van der Waals surface area contributed by atoms with E-state index in [1.165, 1.54) is 6.42 Å². The third kappa shape index (κ3) is 3.92. The average molecular weight is 347 g/mol. The maximum absolute atomic E-state index is 12.2. The van der Waals surface area contributed by atoms with Crippen molar-refractivity contribution >= 4 is 29.3 Å². The zero-order chi connectivity index (χ0) is 16.9. The molecule has 2 aliphatic rings. The summed E-state index contributed by atoms with van der Waals surface area (Å²) >= 11 is 1.57. The van der Waals surface area contributed by atoms with Gasteiger partial charge in [0.05, 0.1) is 11.4 Å². The Labute approximate surface area is 147 Å². The zero-order valence-electron chi connectivity index (χ0n) is 14.2. The smallest absolute Gasteiger partial charge is 0.237 e. The van der Waals surface area contributed by atoms with Gasteiger partial charge >= 0.3 is 0 Å². The molecule has 6 heteroatoms. The van der Waals surface area contributed by atoms with E-state index in [0.717, 1.165) is 30.1 Å². The number of rotatable bonds is 6. The Morgan fingerprint density at radius 1 is 1.38 bits per heavy atom. The predicted molar refractivity (Wildman–Crippen MR) is 97.4 cm³/mol. The predicted octanol–water partition coefficient (Wildman–Crippen LogP) is 2.12. The lowest BCUT2D eigenvalue weighted by Crippen LogP contribution is -2.42. The number of nitrogens with zero attached hydrogens (tertiary/aromatic N) is 2. The molecule has 0 spiro atoms. The van der Waals surface area contributed by atoms with Crippen molar-refractivity contribution in [3.05, 3.63) is 24.3 Å². The monoisotopic (exact) mass is 347 g/mol. The lowest BCUT2D eigenvalue weighted by atomic mass is 10.2. The molecule has 0 bridgehead atoms. The maximum Gasteiger partial charge on any atom is 0.237 e. The van der Waals surface area contributed by atoms with Crippen molar-refractivity contribution in [2.75, 3.05) is 36.8 Å². The minimum Gasteiger partial charge on any atom is -0.354 e. The fraction of sp³-hybridized carbons (Fsp3) is 0.556. The number of hydrogen-bond donors (Lipinski definition) is 1. The van der Waals surface area contributed by atoms with E-state index in [4.69, 9.17) is 0 Å². The number of likely N-dealkylation sites (tertiary alicyclic amines) is 1. The molecular weight excluding hydrogens is 322 g/mol. The van der Waals surface area contributed by atoms with Crippen molar-refractivity contribution < 1.29 is 9.59 Å². The summed E-state index contributed by atoms with van der Waals surface area (Å²) in [6, 6.07) is 8.36. The number of carbonyl (C=O) groups excluding carboxylic acids is 2. The second-order valence-corrected chi connectivity index (χ2v) is 7.30. The Morgan fingerprint density at radius 3 is 3.04 bits per heavy atom. The molecule has 1 N–H and O–H groups in total. The van der Waals surface area contributed by atoms with Crippen molar-refractivity contribution in [1.82, 2.24) is 10.2 Å². The molecule has 24 heavy (non-hydrogen) atoms. The van der Waals surface area contributed by atoms with Gasteiger partial charge in [0, 0.05) is 30.4 Å². The molecule has 2 aliphatic heterocycles. The maximum atomic E-state index is 12.2. The summed E-state index contributed by atoms with van der Waals surface area (Å²) in [7, 11) is 0. The van der Waals surface area contributed by atoms with Crippen LogP contribution >= 0.6 is 11.8 Å². The number of amides is 2. The van der Waals surface area contributed by atoms with E-state index < -0.39 is 0 Å². The molecule has 5 nitrogen and oxygen atoms in total. The van der Waals surface area contributed by atoms with Gasteiger partial charge in [0.2, 0.25) is 11.8 Å². The van der Waals surface area contributed by atoms with Crippen molar-refractivity contribution in [3.8, 4) is 0 Å². The highest BCUT2D eigenvalue weighted by atomic mass is 32.2. The number of fused-ring (bicyclic) bond motifs is 1. The highest BCUT2D eigenvalue weighted by molar-refractivity contribution is 8.00. The quantitative estimate of drug-likeness (QED) is 0.856. The lowest BCUT2D eigenvalue weighted by Gasteiger charge is -2.29. The van der Waals surface area contributed by atoms with Crippen molar-refractivity contribution in [2.45, 2.75) is 37.1 Å². The van der Waals surface area contributed by atoms with E-state index in [-0.39, 0.29) is 11.8 Å². The number of benzene rings is 1. The van der Waals surface area contributed by atoms with E-state index in [9.17, 15) is 9.59 Å². The van der Waals surface area contributed by atoms with Gasteiger partial charge in [0.25, 0.3) is 0 Å². The third-order valence-electron chi connectivity index (χ3n) is 4.81. The molecule has 1 aromatic carbocycles. The standard InChI is InChI=1S/C18H25N3O2S/c1-2-20-10-5-6-14(20)12-19-17(22)9-11-21-15-7-3-4-8-16(15)24-13-18(21)23/h3-4,7-8,14H,2,5-6,9-13H2,1H3,(H,19,22)/t14-/m1/s1. The van der Waals surface area contributed by atoms with Crippen LogP contribution in [0.15, 0.2) is 29.2 Å². The Morgan fingerprint density at radius 2 is 2.21 bits per heavy atom.